The van der Waals surface area contributed by atoms with Gasteiger partial charge >= 0.3 is 0 Å². The van der Waals surface area contributed by atoms with E-state index in [2.05, 4.69) is 17.0 Å². The molecule has 0 N–H and O–H groups in total. The van der Waals surface area contributed by atoms with Gasteiger partial charge in [-0.2, -0.15) is 0 Å². The smallest absolute Gasteiger partial charge is 0.184 e. The third-order valence-corrected chi connectivity index (χ3v) is 7.52. The molecule has 1 heterocycles. The SMILES string of the molecule is COc1ccc(CCN2CCC(S(=O)(=O)c3ccccc3OC)CC2)cc1. The number of benzene rings is 2. The molecule has 27 heavy (non-hydrogen) atoms. The molecule has 0 spiro atoms. The second kappa shape index (κ2) is 8.76. The topological polar surface area (TPSA) is 55.8 Å². The van der Waals surface area contributed by atoms with Crippen LogP contribution in [0.15, 0.2) is 53.4 Å². The number of para-hydroxylation sites is 1. The molecular formula is C21H27NO4S. The van der Waals surface area contributed by atoms with Crippen LogP contribution in [0.1, 0.15) is 18.4 Å². The summed E-state index contributed by atoms with van der Waals surface area (Å²) in [5, 5.41) is -0.342. The number of ether oxygens (including phenoxy) is 2. The minimum atomic E-state index is -3.37. The summed E-state index contributed by atoms with van der Waals surface area (Å²) in [5.74, 6) is 1.29. The summed E-state index contributed by atoms with van der Waals surface area (Å²) in [4.78, 5) is 2.66. The molecule has 1 aliphatic rings. The molecule has 1 aliphatic heterocycles. The first-order valence-corrected chi connectivity index (χ1v) is 10.8. The van der Waals surface area contributed by atoms with Crippen LogP contribution in [0.25, 0.3) is 0 Å². The van der Waals surface area contributed by atoms with Gasteiger partial charge in [-0.15, -0.1) is 0 Å². The van der Waals surface area contributed by atoms with Crippen LogP contribution >= 0.6 is 0 Å². The van der Waals surface area contributed by atoms with Crippen molar-refractivity contribution in [3.8, 4) is 11.5 Å². The summed E-state index contributed by atoms with van der Waals surface area (Å²) in [7, 11) is -0.194. The van der Waals surface area contributed by atoms with Crippen LogP contribution in [0.3, 0.4) is 0 Å². The first-order chi connectivity index (χ1) is 13.0. The molecule has 6 heteroatoms. The standard InChI is InChI=1S/C21H27NO4S/c1-25-18-9-7-17(8-10-18)11-14-22-15-12-19(13-16-22)27(23,24)21-6-4-3-5-20(21)26-2/h3-10,19H,11-16H2,1-2H3. The number of sulfone groups is 1. The zero-order valence-electron chi connectivity index (χ0n) is 15.9. The van der Waals surface area contributed by atoms with Gasteiger partial charge in [0, 0.05) is 6.54 Å². The van der Waals surface area contributed by atoms with Crippen molar-refractivity contribution in [3.63, 3.8) is 0 Å². The fourth-order valence-electron chi connectivity index (χ4n) is 3.56. The third kappa shape index (κ3) is 4.62. The Hall–Kier alpha value is -2.05. The first-order valence-electron chi connectivity index (χ1n) is 9.27. The number of likely N-dealkylation sites (tertiary alicyclic amines) is 1. The Morgan fingerprint density at radius 3 is 2.26 bits per heavy atom. The molecule has 0 bridgehead atoms. The van der Waals surface area contributed by atoms with Crippen LogP contribution in [-0.4, -0.2) is 52.4 Å². The Labute approximate surface area is 161 Å². The molecule has 0 amide bonds. The molecule has 1 saturated heterocycles. The van der Waals surface area contributed by atoms with Crippen molar-refractivity contribution in [1.29, 1.82) is 0 Å². The largest absolute Gasteiger partial charge is 0.497 e. The van der Waals surface area contributed by atoms with E-state index in [9.17, 15) is 8.42 Å². The zero-order chi connectivity index (χ0) is 19.3. The second-order valence-electron chi connectivity index (χ2n) is 6.83. The molecule has 3 rings (SSSR count). The summed E-state index contributed by atoms with van der Waals surface area (Å²) in [6, 6.07) is 15.0. The van der Waals surface area contributed by atoms with Crippen molar-refractivity contribution in [2.24, 2.45) is 0 Å². The lowest BCUT2D eigenvalue weighted by Crippen LogP contribution is -2.40. The Balaban J connectivity index is 1.56. The lowest BCUT2D eigenvalue weighted by atomic mass is 10.1. The highest BCUT2D eigenvalue weighted by atomic mass is 32.2. The number of rotatable bonds is 7. The zero-order valence-corrected chi connectivity index (χ0v) is 16.7. The molecule has 0 atom stereocenters. The Morgan fingerprint density at radius 2 is 1.63 bits per heavy atom. The van der Waals surface area contributed by atoms with Gasteiger partial charge in [0.15, 0.2) is 9.84 Å². The van der Waals surface area contributed by atoms with E-state index in [4.69, 9.17) is 9.47 Å². The second-order valence-corrected chi connectivity index (χ2v) is 9.03. The van der Waals surface area contributed by atoms with E-state index in [1.54, 1.807) is 31.4 Å². The molecule has 2 aromatic rings. The van der Waals surface area contributed by atoms with Crippen LogP contribution in [0, 0.1) is 0 Å². The van der Waals surface area contributed by atoms with Gasteiger partial charge in [-0.25, -0.2) is 8.42 Å². The van der Waals surface area contributed by atoms with Crippen LogP contribution in [-0.2, 0) is 16.3 Å². The van der Waals surface area contributed by atoms with E-state index in [1.807, 2.05) is 12.1 Å². The quantitative estimate of drug-likeness (QED) is 0.728. The maximum Gasteiger partial charge on any atom is 0.184 e. The van der Waals surface area contributed by atoms with Crippen LogP contribution in [0.4, 0.5) is 0 Å². The summed E-state index contributed by atoms with van der Waals surface area (Å²) in [6.45, 7) is 2.54. The monoisotopic (exact) mass is 389 g/mol. The lowest BCUT2D eigenvalue weighted by Gasteiger charge is -2.31. The molecule has 0 unspecified atom stereocenters. The van der Waals surface area contributed by atoms with Gasteiger partial charge < -0.3 is 14.4 Å². The minimum absolute atomic E-state index is 0.309. The maximum atomic E-state index is 13.0. The highest BCUT2D eigenvalue weighted by molar-refractivity contribution is 7.92. The van der Waals surface area contributed by atoms with Crippen molar-refractivity contribution in [2.75, 3.05) is 33.9 Å². The lowest BCUT2D eigenvalue weighted by molar-refractivity contribution is 0.232. The third-order valence-electron chi connectivity index (χ3n) is 5.22. The number of piperidine rings is 1. The van der Waals surface area contributed by atoms with E-state index in [0.29, 0.717) is 23.5 Å². The maximum absolute atomic E-state index is 13.0. The fraction of sp³-hybridized carbons (Fsp3) is 0.429. The molecule has 0 radical (unpaired) electrons. The van der Waals surface area contributed by atoms with E-state index in [-0.39, 0.29) is 5.25 Å². The molecule has 2 aromatic carbocycles. The average Bonchev–Trinajstić information content (AvgIpc) is 2.73. The first kappa shape index (κ1) is 19.7. The summed E-state index contributed by atoms with van der Waals surface area (Å²) < 4.78 is 36.4. The fourth-order valence-corrected chi connectivity index (χ4v) is 5.45. The predicted molar refractivity (Wildman–Crippen MR) is 106 cm³/mol. The van der Waals surface area contributed by atoms with Crippen molar-refractivity contribution in [1.82, 2.24) is 4.90 Å². The van der Waals surface area contributed by atoms with Gasteiger partial charge in [-0.3, -0.25) is 0 Å². The minimum Gasteiger partial charge on any atom is -0.497 e. The molecule has 146 valence electrons. The van der Waals surface area contributed by atoms with Gasteiger partial charge in [0.05, 0.1) is 19.5 Å². The highest BCUT2D eigenvalue weighted by Gasteiger charge is 2.32. The van der Waals surface area contributed by atoms with Crippen LogP contribution < -0.4 is 9.47 Å². The van der Waals surface area contributed by atoms with Crippen LogP contribution in [0.2, 0.25) is 0 Å². The van der Waals surface area contributed by atoms with Gasteiger partial charge in [-0.05, 0) is 62.2 Å². The van der Waals surface area contributed by atoms with Gasteiger partial charge in [0.1, 0.15) is 16.4 Å². The van der Waals surface area contributed by atoms with Gasteiger partial charge in [0.25, 0.3) is 0 Å². The molecular weight excluding hydrogens is 362 g/mol. The van der Waals surface area contributed by atoms with Gasteiger partial charge in [-0.1, -0.05) is 24.3 Å². The van der Waals surface area contributed by atoms with E-state index >= 15 is 0 Å². The number of hydrogen-bond acceptors (Lipinski definition) is 5. The number of hydrogen-bond donors (Lipinski definition) is 0. The Morgan fingerprint density at radius 1 is 0.963 bits per heavy atom. The predicted octanol–water partition coefficient (Wildman–Crippen LogP) is 3.18. The van der Waals surface area contributed by atoms with Crippen molar-refractivity contribution in [2.45, 2.75) is 29.4 Å². The average molecular weight is 390 g/mol. The Kier molecular flexibility index (Phi) is 6.39. The summed E-state index contributed by atoms with van der Waals surface area (Å²) in [6.07, 6.45) is 2.26. The van der Waals surface area contributed by atoms with Crippen molar-refractivity contribution in [3.05, 3.63) is 54.1 Å². The summed E-state index contributed by atoms with van der Waals surface area (Å²) >= 11 is 0. The molecule has 0 aromatic heterocycles. The molecule has 1 fully saturated rings. The van der Waals surface area contributed by atoms with Crippen LogP contribution in [0.5, 0.6) is 11.5 Å². The molecule has 5 nitrogen and oxygen atoms in total. The molecule has 0 saturated carbocycles. The van der Waals surface area contributed by atoms with E-state index in [1.165, 1.54) is 12.7 Å². The normalized spacial score (nSPS) is 16.2. The van der Waals surface area contributed by atoms with E-state index in [0.717, 1.165) is 31.8 Å². The molecule has 0 aliphatic carbocycles. The van der Waals surface area contributed by atoms with Crippen molar-refractivity contribution < 1.29 is 17.9 Å². The highest BCUT2D eigenvalue weighted by Crippen LogP contribution is 2.30. The Bertz CT molecular complexity index is 841. The number of methoxy groups -OCH3 is 2. The number of nitrogens with zero attached hydrogens (tertiary/aromatic N) is 1. The van der Waals surface area contributed by atoms with E-state index < -0.39 is 9.84 Å². The summed E-state index contributed by atoms with van der Waals surface area (Å²) in [5.41, 5.74) is 1.26. The van der Waals surface area contributed by atoms with Crippen molar-refractivity contribution >= 4 is 9.84 Å². The van der Waals surface area contributed by atoms with Gasteiger partial charge in [0.2, 0.25) is 0 Å².